The predicted molar refractivity (Wildman–Crippen MR) is 51.6 cm³/mol. The second-order valence-corrected chi connectivity index (χ2v) is 4.09. The Morgan fingerprint density at radius 1 is 1.31 bits per heavy atom. The van der Waals surface area contributed by atoms with Gasteiger partial charge in [-0.2, -0.15) is 0 Å². The summed E-state index contributed by atoms with van der Waals surface area (Å²) in [7, 11) is 1.73. The average Bonchev–Trinajstić information content (AvgIpc) is 2.82. The van der Waals surface area contributed by atoms with Crippen molar-refractivity contribution in [2.24, 2.45) is 22.7 Å². The lowest BCUT2D eigenvalue weighted by Crippen LogP contribution is -2.09. The highest BCUT2D eigenvalue weighted by atomic mass is 16.5. The summed E-state index contributed by atoms with van der Waals surface area (Å²) in [5.74, 6) is 2.84. The number of hydrogen-bond donors (Lipinski definition) is 0. The second-order valence-electron chi connectivity index (χ2n) is 4.09. The number of methoxy groups -OCH3 is 1. The first-order valence-corrected chi connectivity index (χ1v) is 4.79. The molecule has 1 fully saturated rings. The van der Waals surface area contributed by atoms with Crippen molar-refractivity contribution in [2.45, 2.75) is 13.0 Å². The normalized spacial score (nSPS) is 44.8. The van der Waals surface area contributed by atoms with Gasteiger partial charge >= 0.3 is 0 Å². The van der Waals surface area contributed by atoms with Gasteiger partial charge in [-0.1, -0.05) is 18.2 Å². The molecule has 2 heteroatoms. The molecule has 0 N–H and O–H groups in total. The minimum Gasteiger partial charge on any atom is -0.484 e. The van der Waals surface area contributed by atoms with Gasteiger partial charge < -0.3 is 4.74 Å². The van der Waals surface area contributed by atoms with E-state index in [4.69, 9.17) is 4.74 Å². The number of aliphatic imine (C=N–C) groups is 1. The van der Waals surface area contributed by atoms with E-state index in [-0.39, 0.29) is 6.04 Å². The molecule has 2 aliphatic heterocycles. The van der Waals surface area contributed by atoms with Crippen LogP contribution in [-0.4, -0.2) is 19.0 Å². The Kier molecular flexibility index (Phi) is 1.27. The predicted octanol–water partition coefficient (Wildman–Crippen LogP) is 1.79. The standard InChI is InChI=1S/C11H13NO/c1-6-5-8-7-3-4-9(6)12-11(13-2)10(7)8/h3-5,7-10H,1-2H3/t7-,8-,9-,10+/m1/s1. The largest absolute Gasteiger partial charge is 0.484 e. The van der Waals surface area contributed by atoms with Crippen LogP contribution in [0.5, 0.6) is 0 Å². The number of hydrogen-bond acceptors (Lipinski definition) is 2. The Morgan fingerprint density at radius 3 is 2.92 bits per heavy atom. The lowest BCUT2D eigenvalue weighted by molar-refractivity contribution is 0.381. The molecule has 0 aromatic rings. The monoisotopic (exact) mass is 175 g/mol. The molecule has 0 amide bonds. The van der Waals surface area contributed by atoms with Crippen LogP contribution in [0.15, 0.2) is 28.8 Å². The van der Waals surface area contributed by atoms with Gasteiger partial charge in [0, 0.05) is 5.92 Å². The molecule has 4 atom stereocenters. The van der Waals surface area contributed by atoms with E-state index in [1.54, 1.807) is 7.11 Å². The number of nitrogens with zero attached hydrogens (tertiary/aromatic N) is 1. The van der Waals surface area contributed by atoms with Gasteiger partial charge in [0.05, 0.1) is 13.2 Å². The van der Waals surface area contributed by atoms with Crippen molar-refractivity contribution in [3.05, 3.63) is 23.8 Å². The molecule has 2 aliphatic carbocycles. The van der Waals surface area contributed by atoms with Crippen LogP contribution in [-0.2, 0) is 4.74 Å². The first kappa shape index (κ1) is 7.36. The Bertz CT molecular complexity index is 340. The minimum absolute atomic E-state index is 0.245. The van der Waals surface area contributed by atoms with E-state index < -0.39 is 0 Å². The van der Waals surface area contributed by atoms with Gasteiger partial charge in [-0.05, 0) is 24.3 Å². The highest BCUT2D eigenvalue weighted by molar-refractivity contribution is 5.85. The van der Waals surface area contributed by atoms with Crippen molar-refractivity contribution in [1.29, 1.82) is 0 Å². The Labute approximate surface area is 78.0 Å². The second kappa shape index (κ2) is 2.25. The zero-order chi connectivity index (χ0) is 9.00. The molecular formula is C11H13NO. The third-order valence-electron chi connectivity index (χ3n) is 3.33. The summed E-state index contributed by atoms with van der Waals surface area (Å²) in [4.78, 5) is 4.60. The van der Waals surface area contributed by atoms with Crippen molar-refractivity contribution >= 4 is 5.90 Å². The van der Waals surface area contributed by atoms with Crippen molar-refractivity contribution in [2.75, 3.05) is 7.11 Å². The lowest BCUT2D eigenvalue weighted by atomic mass is 10.1. The van der Waals surface area contributed by atoms with Crippen LogP contribution < -0.4 is 0 Å². The maximum atomic E-state index is 5.33. The smallest absolute Gasteiger partial charge is 0.188 e. The molecule has 1 saturated carbocycles. The van der Waals surface area contributed by atoms with Gasteiger partial charge in [0.2, 0.25) is 0 Å². The lowest BCUT2D eigenvalue weighted by Gasteiger charge is -2.07. The summed E-state index contributed by atoms with van der Waals surface area (Å²) < 4.78 is 5.33. The molecule has 0 aromatic carbocycles. The van der Waals surface area contributed by atoms with Crippen LogP contribution in [0.2, 0.25) is 0 Å². The highest BCUT2D eigenvalue weighted by Gasteiger charge is 2.53. The van der Waals surface area contributed by atoms with E-state index in [0.29, 0.717) is 17.8 Å². The number of rotatable bonds is 0. The van der Waals surface area contributed by atoms with Gasteiger partial charge in [0.15, 0.2) is 5.90 Å². The van der Waals surface area contributed by atoms with Crippen molar-refractivity contribution in [3.8, 4) is 0 Å². The molecule has 2 heterocycles. The molecule has 0 radical (unpaired) electrons. The summed E-state index contributed by atoms with van der Waals surface area (Å²) in [6.45, 7) is 2.16. The van der Waals surface area contributed by atoms with Gasteiger partial charge in [-0.3, -0.25) is 0 Å². The van der Waals surface area contributed by atoms with Gasteiger partial charge in [0.1, 0.15) is 0 Å². The van der Waals surface area contributed by atoms with E-state index in [9.17, 15) is 0 Å². The minimum atomic E-state index is 0.245. The summed E-state index contributed by atoms with van der Waals surface area (Å²) in [6, 6.07) is 0.245. The molecule has 4 rings (SSSR count). The molecule has 0 unspecified atom stereocenters. The van der Waals surface area contributed by atoms with E-state index in [2.05, 4.69) is 30.1 Å². The molecule has 13 heavy (non-hydrogen) atoms. The summed E-state index contributed by atoms with van der Waals surface area (Å²) in [5, 5.41) is 0. The summed E-state index contributed by atoms with van der Waals surface area (Å²) in [6.07, 6.45) is 6.89. The van der Waals surface area contributed by atoms with Gasteiger partial charge in [-0.15, -0.1) is 0 Å². The van der Waals surface area contributed by atoms with Crippen LogP contribution in [0, 0.1) is 17.8 Å². The van der Waals surface area contributed by atoms with Crippen molar-refractivity contribution < 1.29 is 4.74 Å². The number of allylic oxidation sites excluding steroid dienone is 2. The number of ether oxygens (including phenoxy) is 1. The first-order valence-electron chi connectivity index (χ1n) is 4.79. The van der Waals surface area contributed by atoms with Crippen molar-refractivity contribution in [1.82, 2.24) is 0 Å². The van der Waals surface area contributed by atoms with E-state index in [0.717, 1.165) is 5.90 Å². The molecule has 0 aromatic heterocycles. The Morgan fingerprint density at radius 2 is 2.15 bits per heavy atom. The molecule has 4 bridgehead atoms. The molecule has 2 nitrogen and oxygen atoms in total. The first-order chi connectivity index (χ1) is 6.31. The molecule has 68 valence electrons. The molecule has 0 spiro atoms. The maximum Gasteiger partial charge on any atom is 0.188 e. The summed E-state index contributed by atoms with van der Waals surface area (Å²) in [5.41, 5.74) is 1.37. The molecule has 4 aliphatic rings. The van der Waals surface area contributed by atoms with E-state index in [1.807, 2.05) is 0 Å². The van der Waals surface area contributed by atoms with Crippen molar-refractivity contribution in [3.63, 3.8) is 0 Å². The maximum absolute atomic E-state index is 5.33. The van der Waals surface area contributed by atoms with Crippen LogP contribution >= 0.6 is 0 Å². The van der Waals surface area contributed by atoms with Gasteiger partial charge in [0.25, 0.3) is 0 Å². The third kappa shape index (κ3) is 0.859. The van der Waals surface area contributed by atoms with Crippen LogP contribution in [0.25, 0.3) is 0 Å². The van der Waals surface area contributed by atoms with Crippen LogP contribution in [0.1, 0.15) is 6.92 Å². The SMILES string of the molecule is COC1=N[C@@H]2C=C[C@@H]3[C@@H](C=C2C)[C@@H]13. The van der Waals surface area contributed by atoms with Crippen LogP contribution in [0.3, 0.4) is 0 Å². The zero-order valence-electron chi connectivity index (χ0n) is 7.90. The van der Waals surface area contributed by atoms with Crippen LogP contribution in [0.4, 0.5) is 0 Å². The fourth-order valence-electron chi connectivity index (χ4n) is 2.50. The Hall–Kier alpha value is -1.05. The molecular weight excluding hydrogens is 162 g/mol. The van der Waals surface area contributed by atoms with Gasteiger partial charge in [-0.25, -0.2) is 4.99 Å². The summed E-state index contributed by atoms with van der Waals surface area (Å²) >= 11 is 0. The third-order valence-corrected chi connectivity index (χ3v) is 3.33. The molecule has 0 saturated heterocycles. The zero-order valence-corrected chi connectivity index (χ0v) is 7.90. The fourth-order valence-corrected chi connectivity index (χ4v) is 2.50. The fraction of sp³-hybridized carbons (Fsp3) is 0.545. The quantitative estimate of drug-likeness (QED) is 0.514. The van der Waals surface area contributed by atoms with E-state index >= 15 is 0 Å². The highest BCUT2D eigenvalue weighted by Crippen LogP contribution is 2.53. The van der Waals surface area contributed by atoms with E-state index in [1.165, 1.54) is 5.57 Å². The Balaban J connectivity index is 2.10. The average molecular weight is 175 g/mol. The topological polar surface area (TPSA) is 21.6 Å².